The molecule has 0 spiro atoms. The smallest absolute Gasteiger partial charge is 0.232 e. The zero-order chi connectivity index (χ0) is 28.0. The molecule has 1 aromatic heterocycles. The molecule has 0 aromatic carbocycles. The lowest BCUT2D eigenvalue weighted by Crippen LogP contribution is -2.71. The van der Waals surface area contributed by atoms with E-state index >= 15 is 0 Å². The molecule has 0 aliphatic carbocycles. The van der Waals surface area contributed by atoms with Gasteiger partial charge in [0.15, 0.2) is 0 Å². The topological polar surface area (TPSA) is 97.2 Å². The Bertz CT molecular complexity index is 859. The van der Waals surface area contributed by atoms with Crippen LogP contribution in [0.2, 0.25) is 5.28 Å². The van der Waals surface area contributed by atoms with Gasteiger partial charge in [-0.3, -0.25) is 0 Å². The van der Waals surface area contributed by atoms with Crippen LogP contribution < -0.4 is 21.3 Å². The molecule has 3 heterocycles. The summed E-state index contributed by atoms with van der Waals surface area (Å²) in [5.74, 6) is 2.11. The highest BCUT2D eigenvalue weighted by atomic mass is 35.5. The summed E-state index contributed by atoms with van der Waals surface area (Å²) in [6.45, 7) is 22.5. The highest BCUT2D eigenvalue weighted by molar-refractivity contribution is 6.28. The summed E-state index contributed by atoms with van der Waals surface area (Å²) >= 11 is 6.65. The van der Waals surface area contributed by atoms with E-state index in [1.807, 2.05) is 0 Å². The first-order chi connectivity index (χ1) is 17.0. The zero-order valence-electron chi connectivity index (χ0n) is 25.2. The SMILES string of the molecule is CCCCC1CC(C)(C)N(c2nc(Cl)nc(N3C(C)(C)CC(CCCC)C(N)C3(C)C)n2)C(C)(C)C1N. The third kappa shape index (κ3) is 5.74. The molecular formula is C29H54ClN7. The molecule has 7 nitrogen and oxygen atoms in total. The van der Waals surface area contributed by atoms with Crippen LogP contribution in [0.25, 0.3) is 0 Å². The molecule has 3 rings (SSSR count). The molecule has 0 bridgehead atoms. The number of hydrogen-bond acceptors (Lipinski definition) is 7. The van der Waals surface area contributed by atoms with Crippen LogP contribution in [-0.2, 0) is 0 Å². The van der Waals surface area contributed by atoms with Crippen LogP contribution in [0.15, 0.2) is 0 Å². The minimum Gasteiger partial charge on any atom is -0.329 e. The largest absolute Gasteiger partial charge is 0.329 e. The number of hydrogen-bond donors (Lipinski definition) is 2. The Morgan fingerprint density at radius 2 is 1.05 bits per heavy atom. The van der Waals surface area contributed by atoms with E-state index < -0.39 is 0 Å². The maximum Gasteiger partial charge on any atom is 0.232 e. The molecule has 2 aliphatic heterocycles. The van der Waals surface area contributed by atoms with Crippen molar-refractivity contribution in [2.45, 2.75) is 155 Å². The van der Waals surface area contributed by atoms with E-state index in [-0.39, 0.29) is 39.5 Å². The summed E-state index contributed by atoms with van der Waals surface area (Å²) in [5, 5.41) is 0.210. The van der Waals surface area contributed by atoms with Crippen molar-refractivity contribution in [3.63, 3.8) is 0 Å². The second kappa shape index (κ2) is 10.8. The van der Waals surface area contributed by atoms with Crippen molar-refractivity contribution in [1.29, 1.82) is 0 Å². The summed E-state index contributed by atoms with van der Waals surface area (Å²) in [5.41, 5.74) is 12.8. The van der Waals surface area contributed by atoms with E-state index in [1.165, 1.54) is 25.7 Å². The number of unbranched alkanes of at least 4 members (excludes halogenated alkanes) is 2. The van der Waals surface area contributed by atoms with E-state index in [0.717, 1.165) is 25.7 Å². The number of nitrogens with two attached hydrogens (primary N) is 2. The van der Waals surface area contributed by atoms with E-state index in [9.17, 15) is 0 Å². The van der Waals surface area contributed by atoms with Gasteiger partial charge in [-0.25, -0.2) is 0 Å². The fraction of sp³-hybridized carbons (Fsp3) is 0.897. The minimum atomic E-state index is -0.351. The van der Waals surface area contributed by atoms with Crippen molar-refractivity contribution in [3.05, 3.63) is 5.28 Å². The maximum absolute atomic E-state index is 6.95. The van der Waals surface area contributed by atoms with Gasteiger partial charge >= 0.3 is 0 Å². The van der Waals surface area contributed by atoms with Gasteiger partial charge in [-0.05, 0) is 105 Å². The van der Waals surface area contributed by atoms with Crippen LogP contribution >= 0.6 is 11.6 Å². The Hall–Kier alpha value is -1.18. The van der Waals surface area contributed by atoms with E-state index in [4.69, 9.17) is 38.0 Å². The average molecular weight is 536 g/mol. The molecule has 4 unspecified atom stereocenters. The molecule has 8 heteroatoms. The van der Waals surface area contributed by atoms with E-state index in [0.29, 0.717) is 23.7 Å². The van der Waals surface area contributed by atoms with Gasteiger partial charge in [0, 0.05) is 23.2 Å². The summed E-state index contributed by atoms with van der Waals surface area (Å²) in [7, 11) is 0. The summed E-state index contributed by atoms with van der Waals surface area (Å²) in [4.78, 5) is 19.1. The van der Waals surface area contributed by atoms with Crippen molar-refractivity contribution in [1.82, 2.24) is 15.0 Å². The van der Waals surface area contributed by atoms with Gasteiger partial charge in [0.25, 0.3) is 0 Å². The van der Waals surface area contributed by atoms with Crippen LogP contribution in [0, 0.1) is 11.8 Å². The van der Waals surface area contributed by atoms with Crippen molar-refractivity contribution in [2.24, 2.45) is 23.3 Å². The van der Waals surface area contributed by atoms with Gasteiger partial charge in [-0.1, -0.05) is 39.5 Å². The van der Waals surface area contributed by atoms with Crippen LogP contribution in [0.3, 0.4) is 0 Å². The van der Waals surface area contributed by atoms with Crippen molar-refractivity contribution in [2.75, 3.05) is 9.80 Å². The van der Waals surface area contributed by atoms with Crippen LogP contribution in [0.1, 0.15) is 121 Å². The lowest BCUT2D eigenvalue weighted by molar-refractivity contribution is 0.132. The van der Waals surface area contributed by atoms with Crippen LogP contribution in [-0.4, -0.2) is 49.2 Å². The fourth-order valence-corrected chi connectivity index (χ4v) is 7.97. The van der Waals surface area contributed by atoms with Crippen molar-refractivity contribution < 1.29 is 0 Å². The quantitative estimate of drug-likeness (QED) is 0.401. The highest BCUT2D eigenvalue weighted by Gasteiger charge is 2.53. The molecule has 4 atom stereocenters. The molecule has 212 valence electrons. The normalized spacial score (nSPS) is 30.4. The van der Waals surface area contributed by atoms with Gasteiger partial charge in [-0.2, -0.15) is 15.0 Å². The predicted molar refractivity (Wildman–Crippen MR) is 157 cm³/mol. The maximum atomic E-state index is 6.95. The highest BCUT2D eigenvalue weighted by Crippen LogP contribution is 2.47. The van der Waals surface area contributed by atoms with Crippen LogP contribution in [0.4, 0.5) is 11.9 Å². The fourth-order valence-electron chi connectivity index (χ4n) is 7.81. The number of piperidine rings is 2. The molecule has 1 aromatic rings. The monoisotopic (exact) mass is 535 g/mol. The summed E-state index contributed by atoms with van der Waals surface area (Å²) in [6, 6.07) is 0.00311. The van der Waals surface area contributed by atoms with Gasteiger partial charge in [0.2, 0.25) is 17.2 Å². The predicted octanol–water partition coefficient (Wildman–Crippen LogP) is 6.33. The Balaban J connectivity index is 2.06. The Labute approximate surface area is 231 Å². The molecule has 0 radical (unpaired) electrons. The Morgan fingerprint density at radius 3 is 1.38 bits per heavy atom. The standard InChI is InChI=1S/C29H54ClN7/c1-11-13-15-19-17-26(3,4)36(28(7,8)21(19)31)24-33-23(30)34-25(35-24)37-27(5,6)18-20(16-14-12-2)22(32)29(37,9)10/h19-22H,11-18,31-32H2,1-10H3. The van der Waals surface area contributed by atoms with Gasteiger partial charge in [0.1, 0.15) is 0 Å². The molecular weight excluding hydrogens is 482 g/mol. The second-order valence-corrected chi connectivity index (χ2v) is 14.4. The first kappa shape index (κ1) is 30.4. The third-order valence-electron chi connectivity index (χ3n) is 9.38. The van der Waals surface area contributed by atoms with Gasteiger partial charge in [0.05, 0.1) is 11.1 Å². The Morgan fingerprint density at radius 1 is 0.703 bits per heavy atom. The molecule has 0 saturated carbocycles. The molecule has 0 amide bonds. The number of anilines is 2. The molecule has 2 fully saturated rings. The molecule has 4 N–H and O–H groups in total. The van der Waals surface area contributed by atoms with Crippen LogP contribution in [0.5, 0.6) is 0 Å². The van der Waals surface area contributed by atoms with E-state index in [1.54, 1.807) is 0 Å². The minimum absolute atomic E-state index is 0.00156. The Kier molecular flexibility index (Phi) is 8.84. The first-order valence-electron chi connectivity index (χ1n) is 14.5. The van der Waals surface area contributed by atoms with Gasteiger partial charge in [-0.15, -0.1) is 0 Å². The molecule has 2 aliphatic rings. The van der Waals surface area contributed by atoms with Crippen molar-refractivity contribution in [3.8, 4) is 0 Å². The molecule has 37 heavy (non-hydrogen) atoms. The van der Waals surface area contributed by atoms with Crippen molar-refractivity contribution >= 4 is 23.5 Å². The first-order valence-corrected chi connectivity index (χ1v) is 14.9. The molecule has 2 saturated heterocycles. The zero-order valence-corrected chi connectivity index (χ0v) is 26.0. The summed E-state index contributed by atoms with van der Waals surface area (Å²) in [6.07, 6.45) is 9.04. The lowest BCUT2D eigenvalue weighted by atomic mass is 9.69. The number of aromatic nitrogens is 3. The van der Waals surface area contributed by atoms with E-state index in [2.05, 4.69) is 79.0 Å². The summed E-state index contributed by atoms with van der Waals surface area (Å²) < 4.78 is 0. The number of halogens is 1. The second-order valence-electron chi connectivity index (χ2n) is 14.1. The number of rotatable bonds is 8. The number of nitrogens with zero attached hydrogens (tertiary/aromatic N) is 5. The average Bonchev–Trinajstić information content (AvgIpc) is 2.75. The lowest BCUT2D eigenvalue weighted by Gasteiger charge is -2.59. The van der Waals surface area contributed by atoms with Gasteiger partial charge < -0.3 is 21.3 Å². The third-order valence-corrected chi connectivity index (χ3v) is 9.54.